The van der Waals surface area contributed by atoms with Gasteiger partial charge in [-0.15, -0.1) is 11.8 Å². The summed E-state index contributed by atoms with van der Waals surface area (Å²) in [7, 11) is 0. The zero-order valence-electron chi connectivity index (χ0n) is 15.8. The molecule has 2 aromatic rings. The molecule has 28 heavy (non-hydrogen) atoms. The van der Waals surface area contributed by atoms with E-state index in [1.54, 1.807) is 27.7 Å². The van der Waals surface area contributed by atoms with Gasteiger partial charge in [-0.2, -0.15) is 0 Å². The van der Waals surface area contributed by atoms with E-state index in [2.05, 4.69) is 21.2 Å². The molecule has 0 bridgehead atoms. The molecule has 4 nitrogen and oxygen atoms in total. The minimum atomic E-state index is -0.661. The number of amides is 1. The molecule has 0 radical (unpaired) electrons. The summed E-state index contributed by atoms with van der Waals surface area (Å²) in [6.45, 7) is 7.00. The van der Waals surface area contributed by atoms with Crippen LogP contribution in [0.2, 0.25) is 0 Å². The van der Waals surface area contributed by atoms with E-state index >= 15 is 0 Å². The third-order valence-corrected chi connectivity index (χ3v) is 5.46. The summed E-state index contributed by atoms with van der Waals surface area (Å²) in [5.74, 6) is -2.27. The van der Waals surface area contributed by atoms with Gasteiger partial charge in [0.05, 0.1) is 5.69 Å². The fourth-order valence-electron chi connectivity index (χ4n) is 2.16. The summed E-state index contributed by atoms with van der Waals surface area (Å²) in [4.78, 5) is 25.0. The Morgan fingerprint density at radius 3 is 2.46 bits per heavy atom. The van der Waals surface area contributed by atoms with Crippen molar-refractivity contribution in [3.05, 3.63) is 58.1 Å². The van der Waals surface area contributed by atoms with Crippen molar-refractivity contribution in [2.45, 2.75) is 43.4 Å². The number of rotatable bonds is 5. The fraction of sp³-hybridized carbons (Fsp3) is 0.300. The van der Waals surface area contributed by atoms with Crippen LogP contribution < -0.4 is 5.32 Å². The maximum Gasteiger partial charge on any atom is 0.319 e. The Morgan fingerprint density at radius 2 is 1.86 bits per heavy atom. The van der Waals surface area contributed by atoms with Crippen LogP contribution in [0.3, 0.4) is 0 Å². The maximum atomic E-state index is 14.3. The Labute approximate surface area is 175 Å². The van der Waals surface area contributed by atoms with Gasteiger partial charge in [-0.05, 0) is 74.0 Å². The Kier molecular flexibility index (Phi) is 7.22. The lowest BCUT2D eigenvalue weighted by Gasteiger charge is -2.22. The van der Waals surface area contributed by atoms with Gasteiger partial charge in [0.1, 0.15) is 22.5 Å². The van der Waals surface area contributed by atoms with Gasteiger partial charge in [-0.25, -0.2) is 8.78 Å². The minimum Gasteiger partial charge on any atom is -0.459 e. The van der Waals surface area contributed by atoms with Crippen LogP contribution in [-0.4, -0.2) is 22.7 Å². The molecule has 0 saturated heterocycles. The molecule has 0 saturated carbocycles. The minimum absolute atomic E-state index is 0.0682. The van der Waals surface area contributed by atoms with Gasteiger partial charge in [0.25, 0.3) is 5.91 Å². The van der Waals surface area contributed by atoms with E-state index in [4.69, 9.17) is 4.74 Å². The normalized spacial score (nSPS) is 12.4. The van der Waals surface area contributed by atoms with E-state index in [1.165, 1.54) is 42.1 Å². The zero-order chi connectivity index (χ0) is 21.1. The van der Waals surface area contributed by atoms with E-state index < -0.39 is 34.4 Å². The van der Waals surface area contributed by atoms with E-state index in [-0.39, 0.29) is 11.3 Å². The fourth-order valence-corrected chi connectivity index (χ4v) is 3.64. The van der Waals surface area contributed by atoms with Crippen LogP contribution >= 0.6 is 27.7 Å². The number of hydrogen-bond donors (Lipinski definition) is 1. The van der Waals surface area contributed by atoms with E-state index in [0.717, 1.165) is 6.07 Å². The third-order valence-electron chi connectivity index (χ3n) is 3.40. The second kappa shape index (κ2) is 9.05. The average molecular weight is 472 g/mol. The monoisotopic (exact) mass is 471 g/mol. The highest BCUT2D eigenvalue weighted by Gasteiger charge is 2.24. The SMILES string of the molecule is CC(Sc1cc(NC(=O)c2cccc(F)c2)c(F)cc1Br)C(=O)OC(C)(C)C. The molecule has 0 spiro atoms. The molecule has 1 N–H and O–H groups in total. The highest BCUT2D eigenvalue weighted by atomic mass is 79.9. The highest BCUT2D eigenvalue weighted by molar-refractivity contribution is 9.10. The number of anilines is 1. The molecule has 2 rings (SSSR count). The van der Waals surface area contributed by atoms with Crippen molar-refractivity contribution in [3.8, 4) is 0 Å². The van der Waals surface area contributed by atoms with Crippen molar-refractivity contribution >= 4 is 45.3 Å². The molecule has 0 aliphatic heterocycles. The summed E-state index contributed by atoms with van der Waals surface area (Å²) in [6.07, 6.45) is 0. The van der Waals surface area contributed by atoms with Gasteiger partial charge in [0.15, 0.2) is 0 Å². The van der Waals surface area contributed by atoms with Crippen molar-refractivity contribution in [2.75, 3.05) is 5.32 Å². The van der Waals surface area contributed by atoms with Gasteiger partial charge in [0.2, 0.25) is 0 Å². The molecule has 8 heteroatoms. The Balaban J connectivity index is 2.19. The van der Waals surface area contributed by atoms with E-state index in [9.17, 15) is 18.4 Å². The molecular formula is C20H20BrF2NO3S. The molecule has 1 amide bonds. The number of thioether (sulfide) groups is 1. The average Bonchev–Trinajstić information content (AvgIpc) is 2.57. The molecule has 0 fully saturated rings. The smallest absolute Gasteiger partial charge is 0.319 e. The number of nitrogens with one attached hydrogen (secondary N) is 1. The largest absolute Gasteiger partial charge is 0.459 e. The van der Waals surface area contributed by atoms with Crippen LogP contribution in [-0.2, 0) is 9.53 Å². The predicted molar refractivity (Wildman–Crippen MR) is 110 cm³/mol. The Morgan fingerprint density at radius 1 is 1.18 bits per heavy atom. The number of hydrogen-bond acceptors (Lipinski definition) is 4. The zero-order valence-corrected chi connectivity index (χ0v) is 18.2. The molecule has 2 aromatic carbocycles. The van der Waals surface area contributed by atoms with Crippen molar-refractivity contribution in [2.24, 2.45) is 0 Å². The van der Waals surface area contributed by atoms with Gasteiger partial charge in [-0.3, -0.25) is 9.59 Å². The molecule has 0 heterocycles. The molecule has 150 valence electrons. The summed E-state index contributed by atoms with van der Waals surface area (Å²) in [5, 5.41) is 1.88. The molecule has 0 aliphatic rings. The summed E-state index contributed by atoms with van der Waals surface area (Å²) < 4.78 is 33.4. The van der Waals surface area contributed by atoms with Crippen molar-refractivity contribution in [1.82, 2.24) is 0 Å². The van der Waals surface area contributed by atoms with Crippen LogP contribution in [0, 0.1) is 11.6 Å². The molecule has 1 atom stereocenters. The summed E-state index contributed by atoms with van der Waals surface area (Å²) in [5.41, 5.74) is -0.620. The van der Waals surface area contributed by atoms with Crippen molar-refractivity contribution < 1.29 is 23.1 Å². The number of halogens is 3. The standard InChI is InChI=1S/C20H20BrF2NO3S/c1-11(19(26)27-20(2,3)4)28-17-10-16(15(23)9-14(17)21)24-18(25)12-6-5-7-13(22)8-12/h5-11H,1-4H3,(H,24,25). The summed E-state index contributed by atoms with van der Waals surface area (Å²) >= 11 is 4.43. The second-order valence-corrected chi connectivity index (χ2v) is 9.26. The maximum absolute atomic E-state index is 14.3. The van der Waals surface area contributed by atoms with Gasteiger partial charge in [-0.1, -0.05) is 6.07 Å². The van der Waals surface area contributed by atoms with Crippen molar-refractivity contribution in [1.29, 1.82) is 0 Å². The second-order valence-electron chi connectivity index (χ2n) is 7.02. The third kappa shape index (κ3) is 6.31. The van der Waals surface area contributed by atoms with Crippen LogP contribution in [0.4, 0.5) is 14.5 Å². The number of benzene rings is 2. The number of carbonyl (C=O) groups excluding carboxylic acids is 2. The van der Waals surface area contributed by atoms with Crippen LogP contribution in [0.5, 0.6) is 0 Å². The van der Waals surface area contributed by atoms with Gasteiger partial charge >= 0.3 is 5.97 Å². The first-order valence-corrected chi connectivity index (χ1v) is 10.1. The summed E-state index contributed by atoms with van der Waals surface area (Å²) in [6, 6.07) is 7.71. The van der Waals surface area contributed by atoms with Gasteiger partial charge < -0.3 is 10.1 Å². The number of esters is 1. The van der Waals surface area contributed by atoms with Gasteiger partial charge in [0, 0.05) is 14.9 Å². The lowest BCUT2D eigenvalue weighted by atomic mass is 10.2. The highest BCUT2D eigenvalue weighted by Crippen LogP contribution is 2.35. The van der Waals surface area contributed by atoms with Crippen molar-refractivity contribution in [3.63, 3.8) is 0 Å². The molecule has 0 aromatic heterocycles. The first kappa shape index (κ1) is 22.4. The van der Waals surface area contributed by atoms with Crippen LogP contribution in [0.15, 0.2) is 45.8 Å². The van der Waals surface area contributed by atoms with Crippen LogP contribution in [0.1, 0.15) is 38.1 Å². The molecular weight excluding hydrogens is 452 g/mol. The number of ether oxygens (including phenoxy) is 1. The lowest BCUT2D eigenvalue weighted by Crippen LogP contribution is -2.28. The first-order chi connectivity index (χ1) is 13.0. The van der Waals surface area contributed by atoms with E-state index in [1.807, 2.05) is 0 Å². The Bertz CT molecular complexity index is 900. The Hall–Kier alpha value is -1.93. The lowest BCUT2D eigenvalue weighted by molar-refractivity contribution is -0.153. The topological polar surface area (TPSA) is 55.4 Å². The predicted octanol–water partition coefficient (Wildman–Crippen LogP) is 5.80. The van der Waals surface area contributed by atoms with E-state index in [0.29, 0.717) is 9.37 Å². The van der Waals surface area contributed by atoms with Crippen LogP contribution in [0.25, 0.3) is 0 Å². The number of carbonyl (C=O) groups is 2. The first-order valence-electron chi connectivity index (χ1n) is 8.42. The quantitative estimate of drug-likeness (QED) is 0.442. The molecule has 1 unspecified atom stereocenters. The molecule has 0 aliphatic carbocycles.